The molecule has 8 nitrogen and oxygen atoms in total. The molecule has 1 aromatic carbocycles. The van der Waals surface area contributed by atoms with E-state index >= 15 is 0 Å². The molecule has 1 aliphatic rings. The summed E-state index contributed by atoms with van der Waals surface area (Å²) in [6.45, 7) is 3.19. The molecule has 0 aliphatic heterocycles. The lowest BCUT2D eigenvalue weighted by Gasteiger charge is -2.16. The number of benzene rings is 1. The molecular weight excluding hydrogens is 460 g/mol. The van der Waals surface area contributed by atoms with Crippen LogP contribution in [0, 0.1) is 5.92 Å². The summed E-state index contributed by atoms with van der Waals surface area (Å²) in [5.41, 5.74) is 1.80. The predicted molar refractivity (Wildman–Crippen MR) is 130 cm³/mol. The van der Waals surface area contributed by atoms with Crippen molar-refractivity contribution in [2.75, 3.05) is 24.4 Å². The Bertz CT molecular complexity index is 966. The molecule has 0 spiro atoms. The Balaban J connectivity index is 0.000000402. The van der Waals surface area contributed by atoms with Gasteiger partial charge in [-0.1, -0.05) is 51.3 Å². The number of hydrogen-bond donors (Lipinski definition) is 3. The van der Waals surface area contributed by atoms with Gasteiger partial charge in [0, 0.05) is 11.8 Å². The molecule has 1 saturated carbocycles. The molecule has 0 saturated heterocycles. The number of carbonyl (C=O) groups is 2. The third-order valence-electron chi connectivity index (χ3n) is 5.42. The van der Waals surface area contributed by atoms with Crippen LogP contribution in [0.5, 0.6) is 11.8 Å². The number of carboxylic acid groups (broad SMARTS) is 1. The van der Waals surface area contributed by atoms with Crippen molar-refractivity contribution in [3.8, 4) is 11.8 Å². The van der Waals surface area contributed by atoms with E-state index in [1.165, 1.54) is 25.7 Å². The number of anilines is 2. The zero-order valence-electron chi connectivity index (χ0n) is 20.2. The Labute approximate surface area is 204 Å². The number of carboxylic acids is 1. The number of carbonyl (C=O) groups excluding carboxylic acids is 1. The third-order valence-corrected chi connectivity index (χ3v) is 5.42. The minimum atomic E-state index is -2.66. The molecular formula is C25H33F2N3O5. The Kier molecular flexibility index (Phi) is 11.2. The van der Waals surface area contributed by atoms with Crippen molar-refractivity contribution in [1.82, 2.24) is 4.98 Å². The number of nitrogens with zero attached hydrogens (tertiary/aromatic N) is 1. The first kappa shape index (κ1) is 27.8. The van der Waals surface area contributed by atoms with E-state index in [0.29, 0.717) is 5.69 Å². The minimum Gasteiger partial charge on any atom is -0.481 e. The highest BCUT2D eigenvalue weighted by Gasteiger charge is 2.19. The van der Waals surface area contributed by atoms with Crippen LogP contribution in [0.3, 0.4) is 0 Å². The maximum atomic E-state index is 12.4. The molecule has 0 unspecified atom stereocenters. The van der Waals surface area contributed by atoms with E-state index in [1.54, 1.807) is 6.07 Å². The molecule has 1 heterocycles. The lowest BCUT2D eigenvalue weighted by Crippen LogP contribution is -2.21. The summed E-state index contributed by atoms with van der Waals surface area (Å²) >= 11 is 0. The summed E-state index contributed by atoms with van der Waals surface area (Å²) in [5.74, 6) is -0.366. The summed E-state index contributed by atoms with van der Waals surface area (Å²) in [7, 11) is 1.39. The fraction of sp³-hybridized carbons (Fsp3) is 0.480. The number of hydrogen-bond acceptors (Lipinski definition) is 5. The van der Waals surface area contributed by atoms with Crippen LogP contribution in [0.4, 0.5) is 25.0 Å². The van der Waals surface area contributed by atoms with Crippen molar-refractivity contribution in [2.45, 2.75) is 58.3 Å². The normalized spacial score (nSPS) is 13.6. The molecule has 10 heteroatoms. The molecule has 35 heavy (non-hydrogen) atoms. The second kappa shape index (κ2) is 14.1. The average Bonchev–Trinajstić information content (AvgIpc) is 2.84. The lowest BCUT2D eigenvalue weighted by molar-refractivity contribution is -0.142. The highest BCUT2D eigenvalue weighted by molar-refractivity contribution is 6.01. The summed E-state index contributed by atoms with van der Waals surface area (Å²) < 4.78 is 34.8. The van der Waals surface area contributed by atoms with E-state index in [0.717, 1.165) is 31.2 Å². The Morgan fingerprint density at radius 2 is 1.71 bits per heavy atom. The maximum absolute atomic E-state index is 12.4. The van der Waals surface area contributed by atoms with Crippen LogP contribution in [0.15, 0.2) is 36.4 Å². The molecule has 192 valence electrons. The SMILES string of the molecule is COc1ccc(NC(=O)Nc2ccccc2C(C)C)c(OCC(F)F)n1.O=C(O)C1CCCCC1. The topological polar surface area (TPSA) is 110 Å². The van der Waals surface area contributed by atoms with Crippen LogP contribution in [0.1, 0.15) is 57.4 Å². The Morgan fingerprint density at radius 3 is 2.29 bits per heavy atom. The highest BCUT2D eigenvalue weighted by atomic mass is 19.3. The molecule has 1 fully saturated rings. The molecule has 1 aromatic heterocycles. The number of aromatic nitrogens is 1. The van der Waals surface area contributed by atoms with Crippen molar-refractivity contribution >= 4 is 23.4 Å². The predicted octanol–water partition coefficient (Wildman–Crippen LogP) is 6.15. The zero-order valence-corrected chi connectivity index (χ0v) is 20.2. The Hall–Kier alpha value is -3.43. The van der Waals surface area contributed by atoms with Gasteiger partial charge >= 0.3 is 12.0 Å². The molecule has 2 amide bonds. The molecule has 3 N–H and O–H groups in total. The molecule has 2 aromatic rings. The summed E-state index contributed by atoms with van der Waals surface area (Å²) in [6, 6.07) is 9.84. The van der Waals surface area contributed by atoms with Crippen molar-refractivity contribution in [2.24, 2.45) is 5.92 Å². The van der Waals surface area contributed by atoms with E-state index in [4.69, 9.17) is 14.6 Å². The van der Waals surface area contributed by atoms with Gasteiger partial charge in [-0.3, -0.25) is 4.79 Å². The van der Waals surface area contributed by atoms with E-state index in [1.807, 2.05) is 32.0 Å². The standard InChI is InChI=1S/C18H21F2N3O3.C7H12O2/c1-11(2)12-6-4-5-7-13(12)21-18(24)22-14-8-9-16(25-3)23-17(14)26-10-15(19)20;8-7(9)6-4-2-1-3-5-6/h4-9,11,15H,10H2,1-3H3,(H2,21,22,24);6H,1-5H2,(H,8,9). The Morgan fingerprint density at radius 1 is 1.06 bits per heavy atom. The number of halogens is 2. The lowest BCUT2D eigenvalue weighted by atomic mass is 9.90. The summed E-state index contributed by atoms with van der Waals surface area (Å²) in [6.07, 6.45) is 2.57. The fourth-order valence-electron chi connectivity index (χ4n) is 3.62. The molecule has 1 aliphatic carbocycles. The van der Waals surface area contributed by atoms with Crippen LogP contribution in [-0.4, -0.2) is 42.2 Å². The third kappa shape index (κ3) is 9.38. The van der Waals surface area contributed by atoms with Gasteiger partial charge in [0.2, 0.25) is 11.8 Å². The van der Waals surface area contributed by atoms with Crippen LogP contribution in [-0.2, 0) is 4.79 Å². The van der Waals surface area contributed by atoms with Crippen LogP contribution in [0.25, 0.3) is 0 Å². The van der Waals surface area contributed by atoms with Gasteiger partial charge in [0.1, 0.15) is 5.69 Å². The molecule has 0 atom stereocenters. The molecule has 3 rings (SSSR count). The van der Waals surface area contributed by atoms with Gasteiger partial charge in [0.25, 0.3) is 6.43 Å². The van der Waals surface area contributed by atoms with E-state index in [2.05, 4.69) is 15.6 Å². The van der Waals surface area contributed by atoms with Crippen molar-refractivity contribution in [1.29, 1.82) is 0 Å². The number of urea groups is 1. The highest BCUT2D eigenvalue weighted by Crippen LogP contribution is 2.27. The van der Waals surface area contributed by atoms with Gasteiger partial charge in [0.05, 0.1) is 13.0 Å². The quantitative estimate of drug-likeness (QED) is 0.407. The second-order valence-corrected chi connectivity index (χ2v) is 8.40. The number of aliphatic carboxylic acids is 1. The molecule has 0 radical (unpaired) electrons. The van der Waals surface area contributed by atoms with Crippen molar-refractivity contribution < 1.29 is 33.0 Å². The van der Waals surface area contributed by atoms with Gasteiger partial charge in [0.15, 0.2) is 6.61 Å². The van der Waals surface area contributed by atoms with Crippen LogP contribution < -0.4 is 20.1 Å². The number of pyridine rings is 1. The fourth-order valence-corrected chi connectivity index (χ4v) is 3.62. The number of amides is 2. The average molecular weight is 494 g/mol. The largest absolute Gasteiger partial charge is 0.481 e. The van der Waals surface area contributed by atoms with Gasteiger partial charge < -0.3 is 25.2 Å². The van der Waals surface area contributed by atoms with Crippen LogP contribution >= 0.6 is 0 Å². The first-order chi connectivity index (χ1) is 16.7. The number of para-hydroxylation sites is 1. The van der Waals surface area contributed by atoms with Crippen molar-refractivity contribution in [3.05, 3.63) is 42.0 Å². The minimum absolute atomic E-state index is 0.0289. The number of methoxy groups -OCH3 is 1. The van der Waals surface area contributed by atoms with Gasteiger partial charge in [-0.15, -0.1) is 0 Å². The van der Waals surface area contributed by atoms with E-state index < -0.39 is 25.0 Å². The van der Waals surface area contributed by atoms with Crippen molar-refractivity contribution in [3.63, 3.8) is 0 Å². The number of rotatable bonds is 8. The number of alkyl halides is 2. The van der Waals surface area contributed by atoms with Gasteiger partial charge in [-0.2, -0.15) is 4.98 Å². The van der Waals surface area contributed by atoms with Gasteiger partial charge in [-0.05, 0) is 36.5 Å². The monoisotopic (exact) mass is 493 g/mol. The first-order valence-corrected chi connectivity index (χ1v) is 11.6. The van der Waals surface area contributed by atoms with E-state index in [-0.39, 0.29) is 29.3 Å². The first-order valence-electron chi connectivity index (χ1n) is 11.6. The van der Waals surface area contributed by atoms with E-state index in [9.17, 15) is 18.4 Å². The smallest absolute Gasteiger partial charge is 0.323 e. The number of ether oxygens (including phenoxy) is 2. The summed E-state index contributed by atoms with van der Waals surface area (Å²) in [4.78, 5) is 26.6. The zero-order chi connectivity index (χ0) is 25.8. The molecule has 0 bridgehead atoms. The number of nitrogens with one attached hydrogen (secondary N) is 2. The second-order valence-electron chi connectivity index (χ2n) is 8.40. The van der Waals surface area contributed by atoms with Gasteiger partial charge in [-0.25, -0.2) is 13.6 Å². The van der Waals surface area contributed by atoms with Crippen LogP contribution in [0.2, 0.25) is 0 Å². The summed E-state index contributed by atoms with van der Waals surface area (Å²) in [5, 5.41) is 13.8. The maximum Gasteiger partial charge on any atom is 0.323 e.